The number of nitrogens with zero attached hydrogens (tertiary/aromatic N) is 1. The molecule has 0 radical (unpaired) electrons. The van der Waals surface area contributed by atoms with Gasteiger partial charge in [0.1, 0.15) is 5.82 Å². The van der Waals surface area contributed by atoms with Crippen LogP contribution in [0.4, 0.5) is 4.39 Å². The van der Waals surface area contributed by atoms with Crippen LogP contribution in [0.3, 0.4) is 0 Å². The van der Waals surface area contributed by atoms with Gasteiger partial charge in [0.2, 0.25) is 0 Å². The van der Waals surface area contributed by atoms with E-state index in [-0.39, 0.29) is 24.1 Å². The molecule has 1 atom stereocenters. The molecule has 0 saturated carbocycles. The van der Waals surface area contributed by atoms with Gasteiger partial charge in [-0.15, -0.1) is 12.4 Å². The van der Waals surface area contributed by atoms with Crippen LogP contribution in [0.25, 0.3) is 0 Å². The SMILES string of the molecule is Cl.NCc1ccc(C(=O)N2CCC(Cc3ccc(F)cc3)C2)cc1. The van der Waals surface area contributed by atoms with E-state index in [9.17, 15) is 9.18 Å². The Morgan fingerprint density at radius 2 is 1.71 bits per heavy atom. The summed E-state index contributed by atoms with van der Waals surface area (Å²) >= 11 is 0. The zero-order chi connectivity index (χ0) is 16.2. The lowest BCUT2D eigenvalue weighted by Crippen LogP contribution is -2.28. The van der Waals surface area contributed by atoms with E-state index in [4.69, 9.17) is 5.73 Å². The van der Waals surface area contributed by atoms with Crippen molar-refractivity contribution in [2.45, 2.75) is 19.4 Å². The second kappa shape index (κ2) is 8.27. The Hall–Kier alpha value is -1.91. The number of hydrogen-bond donors (Lipinski definition) is 1. The molecule has 3 nitrogen and oxygen atoms in total. The third kappa shape index (κ3) is 4.34. The molecular weight excluding hydrogens is 327 g/mol. The molecule has 2 aromatic carbocycles. The van der Waals surface area contributed by atoms with Gasteiger partial charge in [-0.2, -0.15) is 0 Å². The van der Waals surface area contributed by atoms with Crippen molar-refractivity contribution in [3.05, 3.63) is 71.0 Å². The Kier molecular flexibility index (Phi) is 6.35. The molecule has 0 bridgehead atoms. The number of halogens is 2. The Balaban J connectivity index is 0.00000208. The number of amides is 1. The summed E-state index contributed by atoms with van der Waals surface area (Å²) in [6.45, 7) is 2.02. The molecule has 0 aliphatic carbocycles. The van der Waals surface area contributed by atoms with Gasteiger partial charge in [0.05, 0.1) is 0 Å². The summed E-state index contributed by atoms with van der Waals surface area (Å²) in [7, 11) is 0. The van der Waals surface area contributed by atoms with Crippen molar-refractivity contribution in [3.63, 3.8) is 0 Å². The van der Waals surface area contributed by atoms with Crippen LogP contribution in [0.2, 0.25) is 0 Å². The fraction of sp³-hybridized carbons (Fsp3) is 0.316. The summed E-state index contributed by atoms with van der Waals surface area (Å²) in [5.41, 5.74) is 8.44. The third-order valence-electron chi connectivity index (χ3n) is 4.45. The van der Waals surface area contributed by atoms with Gasteiger partial charge < -0.3 is 10.6 Å². The van der Waals surface area contributed by atoms with Crippen LogP contribution in [0.1, 0.15) is 27.9 Å². The number of nitrogens with two attached hydrogens (primary N) is 1. The number of hydrogen-bond acceptors (Lipinski definition) is 2. The molecule has 1 saturated heterocycles. The molecule has 5 heteroatoms. The van der Waals surface area contributed by atoms with Crippen LogP contribution in [-0.4, -0.2) is 23.9 Å². The minimum absolute atomic E-state index is 0. The van der Waals surface area contributed by atoms with E-state index in [0.717, 1.165) is 37.1 Å². The highest BCUT2D eigenvalue weighted by atomic mass is 35.5. The summed E-state index contributed by atoms with van der Waals surface area (Å²) in [6, 6.07) is 14.1. The van der Waals surface area contributed by atoms with Crippen molar-refractivity contribution >= 4 is 18.3 Å². The van der Waals surface area contributed by atoms with Gasteiger partial charge in [-0.25, -0.2) is 4.39 Å². The van der Waals surface area contributed by atoms with Crippen molar-refractivity contribution in [2.24, 2.45) is 11.7 Å². The third-order valence-corrected chi connectivity index (χ3v) is 4.45. The lowest BCUT2D eigenvalue weighted by molar-refractivity contribution is 0.0787. The van der Waals surface area contributed by atoms with E-state index in [1.807, 2.05) is 41.3 Å². The molecule has 1 aliphatic heterocycles. The van der Waals surface area contributed by atoms with Crippen LogP contribution in [0, 0.1) is 11.7 Å². The number of benzene rings is 2. The van der Waals surface area contributed by atoms with Crippen LogP contribution in [-0.2, 0) is 13.0 Å². The Morgan fingerprint density at radius 1 is 1.08 bits per heavy atom. The normalized spacial score (nSPS) is 16.8. The minimum Gasteiger partial charge on any atom is -0.338 e. The number of rotatable bonds is 4. The second-order valence-corrected chi connectivity index (χ2v) is 6.14. The molecule has 2 aromatic rings. The van der Waals surface area contributed by atoms with Crippen molar-refractivity contribution in [1.82, 2.24) is 4.90 Å². The quantitative estimate of drug-likeness (QED) is 0.920. The maximum Gasteiger partial charge on any atom is 0.253 e. The van der Waals surface area contributed by atoms with E-state index >= 15 is 0 Å². The smallest absolute Gasteiger partial charge is 0.253 e. The highest BCUT2D eigenvalue weighted by molar-refractivity contribution is 5.94. The fourth-order valence-electron chi connectivity index (χ4n) is 3.10. The van der Waals surface area contributed by atoms with Gasteiger partial charge in [-0.1, -0.05) is 24.3 Å². The Labute approximate surface area is 148 Å². The lowest BCUT2D eigenvalue weighted by atomic mass is 9.99. The molecule has 1 heterocycles. The van der Waals surface area contributed by atoms with Gasteiger partial charge in [0, 0.05) is 25.2 Å². The molecule has 3 rings (SSSR count). The fourth-order valence-corrected chi connectivity index (χ4v) is 3.10. The predicted molar refractivity (Wildman–Crippen MR) is 95.7 cm³/mol. The Bertz CT molecular complexity index is 673. The van der Waals surface area contributed by atoms with Crippen LogP contribution >= 0.6 is 12.4 Å². The van der Waals surface area contributed by atoms with E-state index in [2.05, 4.69) is 0 Å². The molecule has 128 valence electrons. The lowest BCUT2D eigenvalue weighted by Gasteiger charge is -2.17. The summed E-state index contributed by atoms with van der Waals surface area (Å²) in [5.74, 6) is 0.306. The van der Waals surface area contributed by atoms with Gasteiger partial charge in [-0.05, 0) is 54.2 Å². The molecule has 0 aromatic heterocycles. The maximum absolute atomic E-state index is 12.9. The van der Waals surface area contributed by atoms with E-state index < -0.39 is 0 Å². The highest BCUT2D eigenvalue weighted by Crippen LogP contribution is 2.22. The zero-order valence-electron chi connectivity index (χ0n) is 13.5. The largest absolute Gasteiger partial charge is 0.338 e. The van der Waals surface area contributed by atoms with Crippen molar-refractivity contribution in [3.8, 4) is 0 Å². The number of carbonyl (C=O) groups is 1. The summed E-state index contributed by atoms with van der Waals surface area (Å²) in [5, 5.41) is 0. The first-order valence-corrected chi connectivity index (χ1v) is 7.98. The first-order chi connectivity index (χ1) is 11.2. The number of carbonyl (C=O) groups excluding carboxylic acids is 1. The van der Waals surface area contributed by atoms with Gasteiger partial charge >= 0.3 is 0 Å². The maximum atomic E-state index is 12.9. The molecule has 2 N–H and O–H groups in total. The van der Waals surface area contributed by atoms with Crippen LogP contribution in [0.15, 0.2) is 48.5 Å². The first-order valence-electron chi connectivity index (χ1n) is 7.98. The first kappa shape index (κ1) is 18.4. The van der Waals surface area contributed by atoms with E-state index in [0.29, 0.717) is 18.0 Å². The molecule has 1 fully saturated rings. The summed E-state index contributed by atoms with van der Waals surface area (Å²) in [4.78, 5) is 14.4. The second-order valence-electron chi connectivity index (χ2n) is 6.14. The summed E-state index contributed by atoms with van der Waals surface area (Å²) in [6.07, 6.45) is 1.88. The molecular formula is C19H22ClFN2O. The van der Waals surface area contributed by atoms with E-state index in [1.54, 1.807) is 0 Å². The molecule has 24 heavy (non-hydrogen) atoms. The minimum atomic E-state index is -0.210. The number of likely N-dealkylation sites (tertiary alicyclic amines) is 1. The van der Waals surface area contributed by atoms with Gasteiger partial charge in [0.15, 0.2) is 0 Å². The topological polar surface area (TPSA) is 46.3 Å². The monoisotopic (exact) mass is 348 g/mol. The van der Waals surface area contributed by atoms with E-state index in [1.165, 1.54) is 12.1 Å². The van der Waals surface area contributed by atoms with Gasteiger partial charge in [0.25, 0.3) is 5.91 Å². The standard InChI is InChI=1S/C19H21FN2O.ClH/c20-18-7-3-14(4-8-18)11-16-9-10-22(13-16)19(23)17-5-1-15(12-21)2-6-17;/h1-8,16H,9-13,21H2;1H. The average Bonchev–Trinajstić information content (AvgIpc) is 3.05. The van der Waals surface area contributed by atoms with Crippen molar-refractivity contribution in [1.29, 1.82) is 0 Å². The van der Waals surface area contributed by atoms with Gasteiger partial charge in [-0.3, -0.25) is 4.79 Å². The molecule has 0 spiro atoms. The molecule has 1 amide bonds. The molecule has 1 unspecified atom stereocenters. The van der Waals surface area contributed by atoms with Crippen LogP contribution < -0.4 is 5.73 Å². The summed E-state index contributed by atoms with van der Waals surface area (Å²) < 4.78 is 12.9. The predicted octanol–water partition coefficient (Wildman–Crippen LogP) is 3.41. The van der Waals surface area contributed by atoms with Crippen molar-refractivity contribution < 1.29 is 9.18 Å². The van der Waals surface area contributed by atoms with Crippen molar-refractivity contribution in [2.75, 3.05) is 13.1 Å². The highest BCUT2D eigenvalue weighted by Gasteiger charge is 2.26. The van der Waals surface area contributed by atoms with Crippen LogP contribution in [0.5, 0.6) is 0 Å². The Morgan fingerprint density at radius 3 is 2.33 bits per heavy atom. The molecule has 1 aliphatic rings. The average molecular weight is 349 g/mol. The zero-order valence-corrected chi connectivity index (χ0v) is 14.3.